The number of thioether (sulfide) groups is 1. The van der Waals surface area contributed by atoms with Crippen molar-refractivity contribution in [2.75, 3.05) is 42.2 Å². The van der Waals surface area contributed by atoms with E-state index in [2.05, 4.69) is 25.8 Å². The molecule has 1 aliphatic carbocycles. The van der Waals surface area contributed by atoms with Crippen molar-refractivity contribution < 1.29 is 0 Å². The monoisotopic (exact) mass is 393 g/mol. The smallest absolute Gasteiger partial charge is 0.189 e. The Kier molecular flexibility index (Phi) is 4.50. The van der Waals surface area contributed by atoms with Gasteiger partial charge in [-0.1, -0.05) is 11.8 Å². The summed E-state index contributed by atoms with van der Waals surface area (Å²) in [5, 5.41) is 1.95. The number of hydrogen-bond donors (Lipinski definition) is 0. The highest BCUT2D eigenvalue weighted by atomic mass is 32.2. The number of piperazine rings is 1. The lowest BCUT2D eigenvalue weighted by molar-refractivity contribution is 0.637. The summed E-state index contributed by atoms with van der Waals surface area (Å²) in [4.78, 5) is 27.7. The van der Waals surface area contributed by atoms with Gasteiger partial charge in [0.15, 0.2) is 5.16 Å². The van der Waals surface area contributed by atoms with Gasteiger partial charge >= 0.3 is 0 Å². The lowest BCUT2D eigenvalue weighted by Gasteiger charge is -2.36. The van der Waals surface area contributed by atoms with Crippen LogP contribution in [0.5, 0.6) is 0 Å². The maximum Gasteiger partial charge on any atom is 0.189 e. The number of fused-ring (bicyclic) bond motifs is 1. The van der Waals surface area contributed by atoms with Crippen molar-refractivity contribution in [3.05, 3.63) is 36.0 Å². The molecule has 7 nitrogen and oxygen atoms in total. The average molecular weight is 394 g/mol. The molecule has 1 aliphatic heterocycles. The van der Waals surface area contributed by atoms with Crippen LogP contribution in [0.3, 0.4) is 0 Å². The lowest BCUT2D eigenvalue weighted by atomic mass is 10.2. The van der Waals surface area contributed by atoms with Gasteiger partial charge in [-0.05, 0) is 32.1 Å². The van der Waals surface area contributed by atoms with Crippen molar-refractivity contribution in [3.63, 3.8) is 0 Å². The number of rotatable bonds is 4. The largest absolute Gasteiger partial charge is 0.353 e. The van der Waals surface area contributed by atoms with Crippen molar-refractivity contribution in [1.29, 1.82) is 0 Å². The van der Waals surface area contributed by atoms with Gasteiger partial charge in [0.1, 0.15) is 17.5 Å². The first-order valence-corrected chi connectivity index (χ1v) is 10.9. The Hall–Kier alpha value is -2.48. The van der Waals surface area contributed by atoms with E-state index in [9.17, 15) is 0 Å². The van der Waals surface area contributed by atoms with E-state index in [4.69, 9.17) is 15.0 Å². The fourth-order valence-corrected chi connectivity index (χ4v) is 4.12. The van der Waals surface area contributed by atoms with Gasteiger partial charge in [-0.25, -0.2) is 19.9 Å². The van der Waals surface area contributed by atoms with E-state index in [1.807, 2.05) is 31.6 Å². The zero-order valence-electron chi connectivity index (χ0n) is 16.2. The normalized spacial score (nSPS) is 17.4. The van der Waals surface area contributed by atoms with Crippen molar-refractivity contribution in [2.45, 2.75) is 30.8 Å². The van der Waals surface area contributed by atoms with E-state index in [1.54, 1.807) is 11.8 Å². The van der Waals surface area contributed by atoms with Crippen LogP contribution in [0.4, 0.5) is 11.6 Å². The zero-order valence-corrected chi connectivity index (χ0v) is 17.0. The standard InChI is InChI=1S/C20H23N7S/c1-13-22-17-12-21-6-5-15(17)19(23-13)27-9-7-26(8-10-27)18-11-16(14-3-4-14)24-20(25-18)28-2/h5-6,11-12,14H,3-4,7-10H2,1-2H3. The van der Waals surface area contributed by atoms with Crippen LogP contribution in [-0.4, -0.2) is 57.4 Å². The van der Waals surface area contributed by atoms with Gasteiger partial charge in [-0.15, -0.1) is 0 Å². The van der Waals surface area contributed by atoms with Crippen LogP contribution in [0.1, 0.15) is 30.3 Å². The van der Waals surface area contributed by atoms with Gasteiger partial charge in [0.2, 0.25) is 0 Å². The molecule has 3 aromatic heterocycles. The molecule has 2 fully saturated rings. The highest BCUT2D eigenvalue weighted by Crippen LogP contribution is 2.40. The van der Waals surface area contributed by atoms with Crippen LogP contribution in [0.15, 0.2) is 29.7 Å². The number of anilines is 2. The Morgan fingerprint density at radius 2 is 1.79 bits per heavy atom. The molecule has 4 heterocycles. The molecule has 0 radical (unpaired) electrons. The van der Waals surface area contributed by atoms with E-state index in [1.165, 1.54) is 18.5 Å². The van der Waals surface area contributed by atoms with E-state index in [0.29, 0.717) is 5.92 Å². The maximum atomic E-state index is 4.77. The summed E-state index contributed by atoms with van der Waals surface area (Å²) in [5.41, 5.74) is 2.11. The van der Waals surface area contributed by atoms with Crippen LogP contribution < -0.4 is 9.80 Å². The number of hydrogen-bond acceptors (Lipinski definition) is 8. The third kappa shape index (κ3) is 3.37. The van der Waals surface area contributed by atoms with Crippen molar-refractivity contribution >= 4 is 34.3 Å². The maximum absolute atomic E-state index is 4.77. The van der Waals surface area contributed by atoms with Crippen LogP contribution in [0.25, 0.3) is 10.9 Å². The van der Waals surface area contributed by atoms with Gasteiger partial charge in [0.25, 0.3) is 0 Å². The molecule has 28 heavy (non-hydrogen) atoms. The van der Waals surface area contributed by atoms with Gasteiger partial charge in [0, 0.05) is 49.7 Å². The summed E-state index contributed by atoms with van der Waals surface area (Å²) in [6, 6.07) is 4.20. The second kappa shape index (κ2) is 7.16. The van der Waals surface area contributed by atoms with E-state index < -0.39 is 0 Å². The van der Waals surface area contributed by atoms with Crippen LogP contribution in [0.2, 0.25) is 0 Å². The SMILES string of the molecule is CSc1nc(C2CC2)cc(N2CCN(c3nc(C)nc4cnccc34)CC2)n1. The molecule has 0 N–H and O–H groups in total. The molecule has 1 saturated heterocycles. The summed E-state index contributed by atoms with van der Waals surface area (Å²) in [6.45, 7) is 5.60. The third-order valence-corrected chi connectivity index (χ3v) is 5.93. The molecule has 0 amide bonds. The molecule has 5 rings (SSSR count). The van der Waals surface area contributed by atoms with E-state index >= 15 is 0 Å². The summed E-state index contributed by atoms with van der Waals surface area (Å²) in [7, 11) is 0. The summed E-state index contributed by atoms with van der Waals surface area (Å²) < 4.78 is 0. The molecule has 0 aromatic carbocycles. The van der Waals surface area contributed by atoms with E-state index in [0.717, 1.165) is 59.7 Å². The predicted octanol–water partition coefficient (Wildman–Crippen LogP) is 3.05. The van der Waals surface area contributed by atoms with Gasteiger partial charge < -0.3 is 9.80 Å². The number of aryl methyl sites for hydroxylation is 1. The number of aromatic nitrogens is 5. The number of nitrogens with zero attached hydrogens (tertiary/aromatic N) is 7. The first-order chi connectivity index (χ1) is 13.7. The van der Waals surface area contributed by atoms with Gasteiger partial charge in [-0.3, -0.25) is 4.98 Å². The Morgan fingerprint density at radius 1 is 1.00 bits per heavy atom. The Morgan fingerprint density at radius 3 is 2.54 bits per heavy atom. The molecule has 0 bridgehead atoms. The minimum Gasteiger partial charge on any atom is -0.353 e. The highest BCUT2D eigenvalue weighted by Gasteiger charge is 2.28. The predicted molar refractivity (Wildman–Crippen MR) is 112 cm³/mol. The molecule has 2 aliphatic rings. The molecular weight excluding hydrogens is 370 g/mol. The fourth-order valence-electron chi connectivity index (χ4n) is 3.74. The van der Waals surface area contributed by atoms with Crippen molar-refractivity contribution in [2.24, 2.45) is 0 Å². The van der Waals surface area contributed by atoms with Crippen LogP contribution in [-0.2, 0) is 0 Å². The third-order valence-electron chi connectivity index (χ3n) is 5.38. The quantitative estimate of drug-likeness (QED) is 0.495. The van der Waals surface area contributed by atoms with Crippen LogP contribution in [0, 0.1) is 6.92 Å². The first kappa shape index (κ1) is 17.6. The van der Waals surface area contributed by atoms with Gasteiger partial charge in [0.05, 0.1) is 17.4 Å². The topological polar surface area (TPSA) is 70.9 Å². The fraction of sp³-hybridized carbons (Fsp3) is 0.450. The molecule has 8 heteroatoms. The molecule has 0 spiro atoms. The van der Waals surface area contributed by atoms with Crippen LogP contribution >= 0.6 is 11.8 Å². The molecular formula is C20H23N7S. The summed E-state index contributed by atoms with van der Waals surface area (Å²) >= 11 is 1.62. The number of pyridine rings is 1. The molecule has 1 saturated carbocycles. The molecule has 0 atom stereocenters. The Bertz CT molecular complexity index is 1010. The van der Waals surface area contributed by atoms with Gasteiger partial charge in [-0.2, -0.15) is 0 Å². The Balaban J connectivity index is 1.38. The molecule has 0 unspecified atom stereocenters. The van der Waals surface area contributed by atoms with Crippen molar-refractivity contribution in [1.82, 2.24) is 24.9 Å². The first-order valence-electron chi connectivity index (χ1n) is 9.72. The minimum absolute atomic E-state index is 0.637. The average Bonchev–Trinajstić information content (AvgIpc) is 3.58. The van der Waals surface area contributed by atoms with E-state index in [-0.39, 0.29) is 0 Å². The molecule has 3 aromatic rings. The Labute approximate surface area is 168 Å². The summed E-state index contributed by atoms with van der Waals surface area (Å²) in [5.74, 6) is 3.50. The summed E-state index contributed by atoms with van der Waals surface area (Å²) in [6.07, 6.45) is 8.18. The highest BCUT2D eigenvalue weighted by molar-refractivity contribution is 7.98. The lowest BCUT2D eigenvalue weighted by Crippen LogP contribution is -2.47. The zero-order chi connectivity index (χ0) is 19.1. The minimum atomic E-state index is 0.637. The second-order valence-corrected chi connectivity index (χ2v) is 8.15. The molecule has 144 valence electrons. The second-order valence-electron chi connectivity index (χ2n) is 7.37. The van der Waals surface area contributed by atoms with Crippen molar-refractivity contribution in [3.8, 4) is 0 Å².